The highest BCUT2D eigenvalue weighted by atomic mass is 35.5. The van der Waals surface area contributed by atoms with Crippen molar-refractivity contribution in [2.24, 2.45) is 11.8 Å². The van der Waals surface area contributed by atoms with Crippen molar-refractivity contribution in [3.8, 4) is 0 Å². The maximum Gasteiger partial charge on any atom is 0.308 e. The zero-order valence-corrected chi connectivity index (χ0v) is 12.5. The summed E-state index contributed by atoms with van der Waals surface area (Å²) in [7, 11) is 1.34. The molecule has 20 heavy (non-hydrogen) atoms. The zero-order valence-electron chi connectivity index (χ0n) is 11.0. The van der Waals surface area contributed by atoms with E-state index in [4.69, 9.17) is 11.6 Å². The van der Waals surface area contributed by atoms with Gasteiger partial charge in [-0.3, -0.25) is 9.59 Å². The van der Waals surface area contributed by atoms with Crippen LogP contribution in [-0.4, -0.2) is 36.7 Å². The number of ether oxygens (including phenoxy) is 1. The van der Waals surface area contributed by atoms with Gasteiger partial charge in [-0.1, -0.05) is 11.6 Å². The van der Waals surface area contributed by atoms with Crippen LogP contribution in [0.4, 0.5) is 0 Å². The lowest BCUT2D eigenvalue weighted by Gasteiger charge is -2.14. The molecule has 1 aliphatic rings. The second-order valence-electron chi connectivity index (χ2n) is 4.83. The van der Waals surface area contributed by atoms with Gasteiger partial charge in [-0.05, 0) is 25.0 Å². The van der Waals surface area contributed by atoms with Gasteiger partial charge in [0.2, 0.25) is 0 Å². The minimum absolute atomic E-state index is 0.126. The Morgan fingerprint density at radius 1 is 1.50 bits per heavy atom. The van der Waals surface area contributed by atoms with Crippen LogP contribution in [0.3, 0.4) is 0 Å². The molecule has 1 amide bonds. The van der Waals surface area contributed by atoms with Gasteiger partial charge in [0.15, 0.2) is 0 Å². The molecule has 0 spiro atoms. The van der Waals surface area contributed by atoms with E-state index in [1.54, 1.807) is 12.1 Å². The Hall–Kier alpha value is -1.11. The molecule has 2 N–H and O–H groups in total. The smallest absolute Gasteiger partial charge is 0.308 e. The first kappa shape index (κ1) is 15.3. The molecule has 7 heteroatoms. The van der Waals surface area contributed by atoms with Gasteiger partial charge in [-0.25, -0.2) is 0 Å². The highest BCUT2D eigenvalue weighted by Gasteiger charge is 2.37. The minimum atomic E-state index is -0.591. The summed E-state index contributed by atoms with van der Waals surface area (Å²) in [6.45, 7) is 0.336. The van der Waals surface area contributed by atoms with Crippen LogP contribution in [0.1, 0.15) is 22.5 Å². The summed E-state index contributed by atoms with van der Waals surface area (Å²) in [5.41, 5.74) is 0. The summed E-state index contributed by atoms with van der Waals surface area (Å²) in [4.78, 5) is 23.8. The summed E-state index contributed by atoms with van der Waals surface area (Å²) in [6, 6.07) is 3.32. The number of hydrogen-bond acceptors (Lipinski definition) is 5. The molecule has 5 nitrogen and oxygen atoms in total. The average molecular weight is 318 g/mol. The number of carbonyl (C=O) groups is 2. The number of carbonyl (C=O) groups excluding carboxylic acids is 2. The van der Waals surface area contributed by atoms with Gasteiger partial charge in [0.1, 0.15) is 0 Å². The van der Waals surface area contributed by atoms with Gasteiger partial charge in [-0.2, -0.15) is 0 Å². The molecule has 1 aromatic rings. The van der Waals surface area contributed by atoms with E-state index in [1.165, 1.54) is 18.4 Å². The number of methoxy groups -OCH3 is 1. The molecule has 0 saturated heterocycles. The van der Waals surface area contributed by atoms with E-state index in [2.05, 4.69) is 10.1 Å². The Kier molecular flexibility index (Phi) is 5.01. The SMILES string of the molecule is COC(=O)[C@H]1C[C@@H](CNC(=O)c2ccc(Cl)s2)[C@@H](O)C1. The topological polar surface area (TPSA) is 75.6 Å². The standard InChI is InChI=1S/C13H16ClNO4S/c1-19-13(18)7-4-8(9(16)5-7)6-15-12(17)10-2-3-11(14)20-10/h2-3,7-9,16H,4-6H2,1H3,(H,15,17)/t7-,8-,9-/m0/s1. The molecular formula is C13H16ClNO4S. The monoisotopic (exact) mass is 317 g/mol. The maximum atomic E-state index is 11.9. The summed E-state index contributed by atoms with van der Waals surface area (Å²) in [5.74, 6) is -0.926. The van der Waals surface area contributed by atoms with Crippen molar-refractivity contribution in [1.82, 2.24) is 5.32 Å². The first-order chi connectivity index (χ1) is 9.51. The third kappa shape index (κ3) is 3.50. The number of amides is 1. The van der Waals surface area contributed by atoms with E-state index >= 15 is 0 Å². The first-order valence-electron chi connectivity index (χ1n) is 6.30. The van der Waals surface area contributed by atoms with Crippen molar-refractivity contribution < 1.29 is 19.4 Å². The summed E-state index contributed by atoms with van der Waals surface area (Å²) < 4.78 is 5.24. The second kappa shape index (κ2) is 6.56. The lowest BCUT2D eigenvalue weighted by Crippen LogP contribution is -2.32. The fourth-order valence-electron chi connectivity index (χ4n) is 2.43. The molecule has 1 aromatic heterocycles. The van der Waals surface area contributed by atoms with Gasteiger partial charge < -0.3 is 15.2 Å². The lowest BCUT2D eigenvalue weighted by molar-refractivity contribution is -0.145. The van der Waals surface area contributed by atoms with E-state index < -0.39 is 6.10 Å². The molecular weight excluding hydrogens is 302 g/mol. The normalized spacial score (nSPS) is 25.4. The van der Waals surface area contributed by atoms with Crippen molar-refractivity contribution in [2.45, 2.75) is 18.9 Å². The number of halogens is 1. The predicted molar refractivity (Wildman–Crippen MR) is 75.9 cm³/mol. The van der Waals surface area contributed by atoms with Crippen molar-refractivity contribution in [3.63, 3.8) is 0 Å². The van der Waals surface area contributed by atoms with Crippen LogP contribution in [0.15, 0.2) is 12.1 Å². The fourth-order valence-corrected chi connectivity index (χ4v) is 3.39. The third-order valence-corrected chi connectivity index (χ3v) is 4.74. The van der Waals surface area contributed by atoms with Crippen molar-refractivity contribution in [3.05, 3.63) is 21.3 Å². The fraction of sp³-hybridized carbons (Fsp3) is 0.538. The van der Waals surface area contributed by atoms with Crippen LogP contribution in [0, 0.1) is 11.8 Å². The first-order valence-corrected chi connectivity index (χ1v) is 7.50. The van der Waals surface area contributed by atoms with Gasteiger partial charge in [0, 0.05) is 12.5 Å². The van der Waals surface area contributed by atoms with Crippen LogP contribution in [0.25, 0.3) is 0 Å². The minimum Gasteiger partial charge on any atom is -0.469 e. The molecule has 1 fully saturated rings. The van der Waals surface area contributed by atoms with E-state index in [0.717, 1.165) is 0 Å². The Balaban J connectivity index is 1.85. The zero-order chi connectivity index (χ0) is 14.7. The average Bonchev–Trinajstić information content (AvgIpc) is 3.01. The Labute approximate surface area is 125 Å². The highest BCUT2D eigenvalue weighted by Crippen LogP contribution is 2.31. The van der Waals surface area contributed by atoms with Crippen LogP contribution in [0.2, 0.25) is 4.34 Å². The molecule has 0 aliphatic heterocycles. The summed E-state index contributed by atoms with van der Waals surface area (Å²) >= 11 is 6.98. The molecule has 1 heterocycles. The molecule has 0 bridgehead atoms. The largest absolute Gasteiger partial charge is 0.469 e. The van der Waals surface area contributed by atoms with Gasteiger partial charge in [-0.15, -0.1) is 11.3 Å². The van der Waals surface area contributed by atoms with Crippen LogP contribution >= 0.6 is 22.9 Å². The maximum absolute atomic E-state index is 11.9. The van der Waals surface area contributed by atoms with Crippen molar-refractivity contribution >= 4 is 34.8 Å². The Bertz CT molecular complexity index is 504. The molecule has 3 atom stereocenters. The van der Waals surface area contributed by atoms with E-state index in [-0.39, 0.29) is 23.7 Å². The summed E-state index contributed by atoms with van der Waals surface area (Å²) in [6.07, 6.45) is 0.323. The summed E-state index contributed by atoms with van der Waals surface area (Å²) in [5, 5.41) is 12.7. The molecule has 1 saturated carbocycles. The number of aliphatic hydroxyl groups excluding tert-OH is 1. The number of hydrogen-bond donors (Lipinski definition) is 2. The lowest BCUT2D eigenvalue weighted by atomic mass is 10.0. The van der Waals surface area contributed by atoms with Crippen molar-refractivity contribution in [2.75, 3.05) is 13.7 Å². The highest BCUT2D eigenvalue weighted by molar-refractivity contribution is 7.17. The molecule has 110 valence electrons. The van der Waals surface area contributed by atoms with Crippen LogP contribution < -0.4 is 5.32 Å². The molecule has 2 rings (SSSR count). The molecule has 0 unspecified atom stereocenters. The van der Waals surface area contributed by atoms with E-state index in [1.807, 2.05) is 0 Å². The molecule has 0 radical (unpaired) electrons. The number of nitrogens with one attached hydrogen (secondary N) is 1. The second-order valence-corrected chi connectivity index (χ2v) is 6.55. The van der Waals surface area contributed by atoms with Crippen LogP contribution in [0.5, 0.6) is 0 Å². The van der Waals surface area contributed by atoms with Gasteiger partial charge in [0.25, 0.3) is 5.91 Å². The van der Waals surface area contributed by atoms with E-state index in [9.17, 15) is 14.7 Å². The van der Waals surface area contributed by atoms with Crippen molar-refractivity contribution in [1.29, 1.82) is 0 Å². The molecule has 1 aliphatic carbocycles. The van der Waals surface area contributed by atoms with Gasteiger partial charge in [0.05, 0.1) is 28.3 Å². The quantitative estimate of drug-likeness (QED) is 0.829. The predicted octanol–water partition coefficient (Wildman–Crippen LogP) is 1.69. The van der Waals surface area contributed by atoms with Gasteiger partial charge >= 0.3 is 5.97 Å². The van der Waals surface area contributed by atoms with Crippen LogP contribution in [-0.2, 0) is 9.53 Å². The number of esters is 1. The third-order valence-electron chi connectivity index (χ3n) is 3.51. The Morgan fingerprint density at radius 3 is 2.85 bits per heavy atom. The number of aliphatic hydroxyl groups is 1. The number of thiophene rings is 1. The van der Waals surface area contributed by atoms with E-state index in [0.29, 0.717) is 28.6 Å². The molecule has 0 aromatic carbocycles. The Morgan fingerprint density at radius 2 is 2.25 bits per heavy atom. The number of rotatable bonds is 4.